The van der Waals surface area contributed by atoms with E-state index in [0.717, 1.165) is 28.2 Å². The van der Waals surface area contributed by atoms with E-state index in [-0.39, 0.29) is 6.61 Å². The highest BCUT2D eigenvalue weighted by molar-refractivity contribution is 6.33. The van der Waals surface area contributed by atoms with Crippen molar-refractivity contribution in [3.8, 4) is 28.4 Å². The van der Waals surface area contributed by atoms with Gasteiger partial charge in [0, 0.05) is 17.8 Å². The Labute approximate surface area is 175 Å². The summed E-state index contributed by atoms with van der Waals surface area (Å²) in [6.45, 7) is 8.28. The fourth-order valence-electron chi connectivity index (χ4n) is 3.07. The standard InChI is InChI=1S/C21H25ClN4O3/c1-11-12(2)24-21(25-20(11)19-13(3)26-29-14(19)4)17-8-16(6-7-18(17)22)28-10-15(27)9-23-5/h6-8,15,23,27H,9-10H2,1-5H3/t15-/m1/s1. The Morgan fingerprint density at radius 2 is 1.93 bits per heavy atom. The van der Waals surface area contributed by atoms with Crippen LogP contribution in [0.5, 0.6) is 5.75 Å². The topological polar surface area (TPSA) is 93.3 Å². The minimum atomic E-state index is -0.608. The average Bonchev–Trinajstić information content (AvgIpc) is 3.02. The molecule has 2 heterocycles. The van der Waals surface area contributed by atoms with E-state index < -0.39 is 6.10 Å². The van der Waals surface area contributed by atoms with Crippen LogP contribution < -0.4 is 10.1 Å². The number of benzene rings is 1. The van der Waals surface area contributed by atoms with Crippen molar-refractivity contribution < 1.29 is 14.4 Å². The summed E-state index contributed by atoms with van der Waals surface area (Å²) < 4.78 is 11.0. The molecule has 0 unspecified atom stereocenters. The normalized spacial score (nSPS) is 12.2. The van der Waals surface area contributed by atoms with E-state index in [1.54, 1.807) is 25.2 Å². The van der Waals surface area contributed by atoms with Crippen molar-refractivity contribution in [3.63, 3.8) is 0 Å². The molecule has 0 saturated carbocycles. The summed E-state index contributed by atoms with van der Waals surface area (Å²) in [5.74, 6) is 1.78. The molecule has 1 atom stereocenters. The lowest BCUT2D eigenvalue weighted by Crippen LogP contribution is -2.29. The first-order chi connectivity index (χ1) is 13.8. The molecule has 154 valence electrons. The van der Waals surface area contributed by atoms with Gasteiger partial charge in [-0.1, -0.05) is 16.8 Å². The summed E-state index contributed by atoms with van der Waals surface area (Å²) in [7, 11) is 1.78. The molecule has 0 amide bonds. The van der Waals surface area contributed by atoms with Crippen molar-refractivity contribution >= 4 is 11.6 Å². The van der Waals surface area contributed by atoms with Crippen LogP contribution in [0.15, 0.2) is 22.7 Å². The molecule has 0 fully saturated rings. The zero-order chi connectivity index (χ0) is 21.1. The quantitative estimate of drug-likeness (QED) is 0.607. The SMILES string of the molecule is CNC[C@@H](O)COc1ccc(Cl)c(-c2nc(C)c(C)c(-c3c(C)noc3C)n2)c1. The number of aliphatic hydroxyl groups excluding tert-OH is 1. The number of halogens is 1. The van der Waals surface area contributed by atoms with Gasteiger partial charge < -0.3 is 19.7 Å². The molecule has 7 nitrogen and oxygen atoms in total. The number of aliphatic hydroxyl groups is 1. The summed E-state index contributed by atoms with van der Waals surface area (Å²) in [5.41, 5.74) is 4.88. The van der Waals surface area contributed by atoms with Gasteiger partial charge in [0.25, 0.3) is 0 Å². The van der Waals surface area contributed by atoms with Crippen LogP contribution in [-0.4, -0.2) is 46.5 Å². The average molecular weight is 417 g/mol. The highest BCUT2D eigenvalue weighted by Gasteiger charge is 2.20. The molecule has 8 heteroatoms. The maximum atomic E-state index is 9.86. The lowest BCUT2D eigenvalue weighted by Gasteiger charge is -2.14. The molecular weight excluding hydrogens is 392 g/mol. The third-order valence-corrected chi connectivity index (χ3v) is 5.05. The second kappa shape index (κ2) is 8.90. The van der Waals surface area contributed by atoms with Gasteiger partial charge in [-0.15, -0.1) is 0 Å². The van der Waals surface area contributed by atoms with Gasteiger partial charge in [0.05, 0.1) is 22.0 Å². The van der Waals surface area contributed by atoms with Crippen LogP contribution in [0.25, 0.3) is 22.6 Å². The number of hydrogen-bond donors (Lipinski definition) is 2. The second-order valence-electron chi connectivity index (χ2n) is 6.97. The summed E-state index contributed by atoms with van der Waals surface area (Å²) in [6.07, 6.45) is -0.608. The molecular formula is C21H25ClN4O3. The highest BCUT2D eigenvalue weighted by Crippen LogP contribution is 2.34. The fraction of sp³-hybridized carbons (Fsp3) is 0.381. The number of hydrogen-bond acceptors (Lipinski definition) is 7. The summed E-state index contributed by atoms with van der Waals surface area (Å²) in [4.78, 5) is 9.42. The monoisotopic (exact) mass is 416 g/mol. The molecule has 0 spiro atoms. The molecule has 3 rings (SSSR count). The number of ether oxygens (including phenoxy) is 1. The van der Waals surface area contributed by atoms with Crippen molar-refractivity contribution in [2.75, 3.05) is 20.2 Å². The van der Waals surface area contributed by atoms with Crippen molar-refractivity contribution in [2.24, 2.45) is 0 Å². The van der Waals surface area contributed by atoms with E-state index >= 15 is 0 Å². The van der Waals surface area contributed by atoms with Crippen LogP contribution in [0, 0.1) is 27.7 Å². The van der Waals surface area contributed by atoms with Crippen LogP contribution in [0.2, 0.25) is 5.02 Å². The number of likely N-dealkylation sites (N-methyl/N-ethyl adjacent to an activating group) is 1. The molecule has 0 aliphatic heterocycles. The third-order valence-electron chi connectivity index (χ3n) is 4.72. The lowest BCUT2D eigenvalue weighted by atomic mass is 10.0. The third kappa shape index (κ3) is 4.58. The van der Waals surface area contributed by atoms with Gasteiger partial charge >= 0.3 is 0 Å². The molecule has 0 saturated heterocycles. The predicted octanol–water partition coefficient (Wildman–Crippen LogP) is 3.64. The van der Waals surface area contributed by atoms with E-state index in [1.165, 1.54) is 0 Å². The summed E-state index contributed by atoms with van der Waals surface area (Å²) in [6, 6.07) is 5.29. The molecule has 29 heavy (non-hydrogen) atoms. The summed E-state index contributed by atoms with van der Waals surface area (Å²) in [5, 5.41) is 17.3. The van der Waals surface area contributed by atoms with Crippen LogP contribution in [0.4, 0.5) is 0 Å². The van der Waals surface area contributed by atoms with Gasteiger partial charge in [0.15, 0.2) is 5.82 Å². The Hall–Kier alpha value is -2.48. The maximum absolute atomic E-state index is 9.86. The van der Waals surface area contributed by atoms with Gasteiger partial charge in [-0.2, -0.15) is 0 Å². The number of aromatic nitrogens is 3. The van der Waals surface area contributed by atoms with Crippen molar-refractivity contribution in [3.05, 3.63) is 45.9 Å². The molecule has 0 bridgehead atoms. The Morgan fingerprint density at radius 1 is 1.17 bits per heavy atom. The predicted molar refractivity (Wildman–Crippen MR) is 112 cm³/mol. The molecule has 2 N–H and O–H groups in total. The van der Waals surface area contributed by atoms with Gasteiger partial charge in [-0.3, -0.25) is 0 Å². The number of rotatable bonds is 7. The van der Waals surface area contributed by atoms with Crippen molar-refractivity contribution in [1.29, 1.82) is 0 Å². The Balaban J connectivity index is 2.01. The van der Waals surface area contributed by atoms with Crippen LogP contribution >= 0.6 is 11.6 Å². The van der Waals surface area contributed by atoms with Gasteiger partial charge in [0.1, 0.15) is 24.2 Å². The molecule has 0 radical (unpaired) electrons. The highest BCUT2D eigenvalue weighted by atomic mass is 35.5. The second-order valence-corrected chi connectivity index (χ2v) is 7.38. The maximum Gasteiger partial charge on any atom is 0.161 e. The first-order valence-electron chi connectivity index (χ1n) is 9.35. The fourth-order valence-corrected chi connectivity index (χ4v) is 3.27. The van der Waals surface area contributed by atoms with Crippen molar-refractivity contribution in [2.45, 2.75) is 33.8 Å². The number of aryl methyl sites for hydroxylation is 3. The zero-order valence-corrected chi connectivity index (χ0v) is 18.0. The van der Waals surface area contributed by atoms with Crippen LogP contribution in [0.3, 0.4) is 0 Å². The molecule has 0 aliphatic carbocycles. The van der Waals surface area contributed by atoms with E-state index in [4.69, 9.17) is 25.8 Å². The first kappa shape index (κ1) is 21.2. The Morgan fingerprint density at radius 3 is 2.59 bits per heavy atom. The minimum absolute atomic E-state index is 0.167. The molecule has 1 aromatic carbocycles. The Bertz CT molecular complexity index is 1000. The molecule has 3 aromatic rings. The lowest BCUT2D eigenvalue weighted by molar-refractivity contribution is 0.108. The Kier molecular flexibility index (Phi) is 6.52. The number of nitrogens with zero attached hydrogens (tertiary/aromatic N) is 3. The van der Waals surface area contributed by atoms with E-state index in [2.05, 4.69) is 15.5 Å². The minimum Gasteiger partial charge on any atom is -0.491 e. The van der Waals surface area contributed by atoms with Gasteiger partial charge in [-0.05, 0) is 58.5 Å². The summed E-state index contributed by atoms with van der Waals surface area (Å²) >= 11 is 6.45. The first-order valence-corrected chi connectivity index (χ1v) is 9.73. The largest absolute Gasteiger partial charge is 0.491 e. The smallest absolute Gasteiger partial charge is 0.161 e. The van der Waals surface area contributed by atoms with E-state index in [0.29, 0.717) is 34.5 Å². The van der Waals surface area contributed by atoms with E-state index in [1.807, 2.05) is 27.7 Å². The van der Waals surface area contributed by atoms with Gasteiger partial charge in [0.2, 0.25) is 0 Å². The molecule has 0 aliphatic rings. The molecule has 2 aromatic heterocycles. The van der Waals surface area contributed by atoms with E-state index in [9.17, 15) is 5.11 Å². The van der Waals surface area contributed by atoms with Gasteiger partial charge in [-0.25, -0.2) is 9.97 Å². The number of nitrogens with one attached hydrogen (secondary N) is 1. The van der Waals surface area contributed by atoms with Crippen molar-refractivity contribution in [1.82, 2.24) is 20.4 Å². The van der Waals surface area contributed by atoms with Crippen LogP contribution in [0.1, 0.15) is 22.7 Å². The van der Waals surface area contributed by atoms with Crippen LogP contribution in [-0.2, 0) is 0 Å². The zero-order valence-electron chi connectivity index (χ0n) is 17.2.